The average Bonchev–Trinajstić information content (AvgIpc) is 2.47. The highest BCUT2D eigenvalue weighted by molar-refractivity contribution is 8.00. The molecule has 3 N–H and O–H groups in total. The molecule has 2 rings (SSSR count). The Morgan fingerprint density at radius 2 is 2.00 bits per heavy atom. The summed E-state index contributed by atoms with van der Waals surface area (Å²) in [5, 5.41) is 12.9. The number of oxime groups is 1. The molecule has 19 heavy (non-hydrogen) atoms. The summed E-state index contributed by atoms with van der Waals surface area (Å²) < 4.78 is 0. The lowest BCUT2D eigenvalue weighted by Crippen LogP contribution is -2.15. The molecule has 1 aromatic carbocycles. The minimum atomic E-state index is 0.114. The van der Waals surface area contributed by atoms with Gasteiger partial charge in [0.2, 0.25) is 0 Å². The van der Waals surface area contributed by atoms with Crippen molar-refractivity contribution in [3.8, 4) is 0 Å². The van der Waals surface area contributed by atoms with E-state index in [2.05, 4.69) is 10.1 Å². The zero-order valence-corrected chi connectivity index (χ0v) is 11.9. The standard InChI is InChI=1S/C13H13N3OS2/c1-18-9-5-4-6-10(12(9)13(14)16-17)19-11-7-2-3-8-15-11/h2-8,17H,1H3,(H2,14,16). The number of hydrogen-bond acceptors (Lipinski definition) is 5. The Morgan fingerprint density at radius 1 is 1.21 bits per heavy atom. The van der Waals surface area contributed by atoms with Crippen LogP contribution in [0.2, 0.25) is 0 Å². The number of nitrogens with zero attached hydrogens (tertiary/aromatic N) is 2. The van der Waals surface area contributed by atoms with Gasteiger partial charge >= 0.3 is 0 Å². The van der Waals surface area contributed by atoms with Gasteiger partial charge in [-0.1, -0.05) is 29.1 Å². The molecule has 1 aromatic heterocycles. The number of nitrogens with two attached hydrogens (primary N) is 1. The van der Waals surface area contributed by atoms with Crippen molar-refractivity contribution in [1.29, 1.82) is 0 Å². The molecule has 0 atom stereocenters. The third kappa shape index (κ3) is 3.21. The van der Waals surface area contributed by atoms with Crippen molar-refractivity contribution in [3.05, 3.63) is 48.2 Å². The monoisotopic (exact) mass is 291 g/mol. The molecule has 0 saturated carbocycles. The maximum absolute atomic E-state index is 8.93. The first-order valence-electron chi connectivity index (χ1n) is 5.50. The second-order valence-corrected chi connectivity index (χ2v) is 5.50. The van der Waals surface area contributed by atoms with Crippen molar-refractivity contribution in [3.63, 3.8) is 0 Å². The van der Waals surface area contributed by atoms with Gasteiger partial charge in [-0.15, -0.1) is 11.8 Å². The van der Waals surface area contributed by atoms with Gasteiger partial charge in [-0.25, -0.2) is 4.98 Å². The molecule has 0 unspecified atom stereocenters. The van der Waals surface area contributed by atoms with Gasteiger partial charge in [-0.2, -0.15) is 0 Å². The third-order valence-corrected chi connectivity index (χ3v) is 4.21. The Hall–Kier alpha value is -1.66. The van der Waals surface area contributed by atoms with Crippen molar-refractivity contribution < 1.29 is 5.21 Å². The SMILES string of the molecule is CSc1cccc(Sc2ccccn2)c1/C(N)=N/O. The highest BCUT2D eigenvalue weighted by Gasteiger charge is 2.13. The van der Waals surface area contributed by atoms with Crippen molar-refractivity contribution >= 4 is 29.4 Å². The van der Waals surface area contributed by atoms with E-state index < -0.39 is 0 Å². The van der Waals surface area contributed by atoms with Gasteiger partial charge in [-0.3, -0.25) is 0 Å². The molecule has 6 heteroatoms. The predicted molar refractivity (Wildman–Crippen MR) is 79.1 cm³/mol. The molecule has 0 spiro atoms. The van der Waals surface area contributed by atoms with Crippen LogP contribution in [0.1, 0.15) is 5.56 Å². The van der Waals surface area contributed by atoms with E-state index >= 15 is 0 Å². The Morgan fingerprint density at radius 3 is 2.63 bits per heavy atom. The predicted octanol–water partition coefficient (Wildman–Crippen LogP) is 3.05. The number of benzene rings is 1. The van der Waals surface area contributed by atoms with E-state index in [4.69, 9.17) is 10.9 Å². The molecule has 0 saturated heterocycles. The first-order valence-corrected chi connectivity index (χ1v) is 7.54. The highest BCUT2D eigenvalue weighted by Crippen LogP contribution is 2.33. The Kier molecular flexibility index (Phi) is 4.70. The molecule has 0 aliphatic carbocycles. The molecule has 1 heterocycles. The number of rotatable bonds is 4. The average molecular weight is 291 g/mol. The minimum Gasteiger partial charge on any atom is -0.409 e. The molecule has 0 aliphatic heterocycles. The molecule has 2 aromatic rings. The highest BCUT2D eigenvalue weighted by atomic mass is 32.2. The van der Waals surface area contributed by atoms with E-state index in [1.165, 1.54) is 11.8 Å². The fourth-order valence-electron chi connectivity index (χ4n) is 1.59. The first kappa shape index (κ1) is 13.8. The summed E-state index contributed by atoms with van der Waals surface area (Å²) in [5.74, 6) is 0.114. The van der Waals surface area contributed by atoms with Gasteiger partial charge < -0.3 is 10.9 Å². The number of thioether (sulfide) groups is 1. The van der Waals surface area contributed by atoms with E-state index in [9.17, 15) is 0 Å². The van der Waals surface area contributed by atoms with E-state index in [0.717, 1.165) is 20.4 Å². The molecule has 0 amide bonds. The fraction of sp³-hybridized carbons (Fsp3) is 0.0769. The second-order valence-electron chi connectivity index (χ2n) is 3.59. The van der Waals surface area contributed by atoms with Crippen molar-refractivity contribution in [2.24, 2.45) is 10.9 Å². The van der Waals surface area contributed by atoms with Crippen LogP contribution < -0.4 is 5.73 Å². The lowest BCUT2D eigenvalue weighted by Gasteiger charge is -2.11. The Labute approximate surface area is 120 Å². The van der Waals surface area contributed by atoms with Crippen LogP contribution in [0.3, 0.4) is 0 Å². The first-order chi connectivity index (χ1) is 9.26. The smallest absolute Gasteiger partial charge is 0.172 e. The quantitative estimate of drug-likeness (QED) is 0.298. The van der Waals surface area contributed by atoms with Crippen LogP contribution in [0.25, 0.3) is 0 Å². The summed E-state index contributed by atoms with van der Waals surface area (Å²) in [7, 11) is 0. The topological polar surface area (TPSA) is 71.5 Å². The number of pyridine rings is 1. The third-order valence-electron chi connectivity index (χ3n) is 2.42. The normalized spacial score (nSPS) is 11.5. The van der Waals surface area contributed by atoms with E-state index in [0.29, 0.717) is 0 Å². The van der Waals surface area contributed by atoms with E-state index in [1.807, 2.05) is 42.7 Å². The molecule has 4 nitrogen and oxygen atoms in total. The van der Waals surface area contributed by atoms with Crippen LogP contribution in [0, 0.1) is 0 Å². The van der Waals surface area contributed by atoms with E-state index in [-0.39, 0.29) is 5.84 Å². The van der Waals surface area contributed by atoms with Crippen molar-refractivity contribution in [2.75, 3.05) is 6.26 Å². The molecular formula is C13H13N3OS2. The lowest BCUT2D eigenvalue weighted by molar-refractivity contribution is 0.318. The maximum Gasteiger partial charge on any atom is 0.172 e. The van der Waals surface area contributed by atoms with Crippen LogP contribution in [-0.4, -0.2) is 22.3 Å². The summed E-state index contributed by atoms with van der Waals surface area (Å²) in [6.07, 6.45) is 3.70. The Bertz CT molecular complexity index is 588. The molecule has 0 fully saturated rings. The van der Waals surface area contributed by atoms with Gasteiger partial charge in [0, 0.05) is 21.6 Å². The maximum atomic E-state index is 8.93. The van der Waals surface area contributed by atoms with Gasteiger partial charge in [0.25, 0.3) is 0 Å². The zero-order chi connectivity index (χ0) is 13.7. The van der Waals surface area contributed by atoms with Crippen LogP contribution in [0.15, 0.2) is 62.6 Å². The minimum absolute atomic E-state index is 0.114. The van der Waals surface area contributed by atoms with Crippen LogP contribution in [0.5, 0.6) is 0 Å². The van der Waals surface area contributed by atoms with Gasteiger partial charge in [-0.05, 0) is 30.5 Å². The van der Waals surface area contributed by atoms with Crippen molar-refractivity contribution in [2.45, 2.75) is 14.8 Å². The van der Waals surface area contributed by atoms with E-state index in [1.54, 1.807) is 18.0 Å². The largest absolute Gasteiger partial charge is 0.409 e. The molecule has 98 valence electrons. The number of amidine groups is 1. The number of hydrogen-bond donors (Lipinski definition) is 2. The molecule has 0 aliphatic rings. The summed E-state index contributed by atoms with van der Waals surface area (Å²) in [6, 6.07) is 11.6. The molecule has 0 bridgehead atoms. The number of aromatic nitrogens is 1. The zero-order valence-electron chi connectivity index (χ0n) is 10.3. The Balaban J connectivity index is 2.45. The van der Waals surface area contributed by atoms with Crippen molar-refractivity contribution in [1.82, 2.24) is 4.98 Å². The second kappa shape index (κ2) is 6.49. The molecule has 0 radical (unpaired) electrons. The van der Waals surface area contributed by atoms with Crippen LogP contribution >= 0.6 is 23.5 Å². The van der Waals surface area contributed by atoms with Crippen LogP contribution in [0.4, 0.5) is 0 Å². The summed E-state index contributed by atoms with van der Waals surface area (Å²) in [5.41, 5.74) is 6.52. The lowest BCUT2D eigenvalue weighted by atomic mass is 10.2. The van der Waals surface area contributed by atoms with Gasteiger partial charge in [0.1, 0.15) is 5.03 Å². The molecular weight excluding hydrogens is 278 g/mol. The fourth-order valence-corrected chi connectivity index (χ4v) is 3.24. The van der Waals surface area contributed by atoms with Gasteiger partial charge in [0.05, 0.1) is 0 Å². The van der Waals surface area contributed by atoms with Gasteiger partial charge in [0.15, 0.2) is 5.84 Å². The van der Waals surface area contributed by atoms with Crippen LogP contribution in [-0.2, 0) is 0 Å². The summed E-state index contributed by atoms with van der Waals surface area (Å²) in [4.78, 5) is 6.15. The summed E-state index contributed by atoms with van der Waals surface area (Å²) in [6.45, 7) is 0. The summed E-state index contributed by atoms with van der Waals surface area (Å²) >= 11 is 3.05.